The highest BCUT2D eigenvalue weighted by Gasteiger charge is 2.23. The van der Waals surface area contributed by atoms with Crippen LogP contribution in [0.5, 0.6) is 5.75 Å². The topological polar surface area (TPSA) is 58.6 Å². The number of fused-ring (bicyclic) bond motifs is 1. The van der Waals surface area contributed by atoms with Crippen molar-refractivity contribution in [3.63, 3.8) is 0 Å². The third-order valence-corrected chi connectivity index (χ3v) is 7.02. The van der Waals surface area contributed by atoms with E-state index in [-0.39, 0.29) is 11.0 Å². The number of anilines is 1. The quantitative estimate of drug-likeness (QED) is 0.591. The highest BCUT2D eigenvalue weighted by molar-refractivity contribution is 7.93. The zero-order valence-corrected chi connectivity index (χ0v) is 18.1. The van der Waals surface area contributed by atoms with E-state index in [1.165, 1.54) is 0 Å². The number of likely N-dealkylation sites (tertiary alicyclic amines) is 1. The molecule has 0 radical (unpaired) electrons. The second-order valence-electron chi connectivity index (χ2n) is 7.13. The van der Waals surface area contributed by atoms with E-state index in [9.17, 15) is 8.42 Å². The summed E-state index contributed by atoms with van der Waals surface area (Å²) >= 11 is 12.5. The average Bonchev–Trinajstić information content (AvgIpc) is 3.09. The Morgan fingerprint density at radius 2 is 1.79 bits per heavy atom. The highest BCUT2D eigenvalue weighted by atomic mass is 35.5. The number of ether oxygens (including phenoxy) is 1. The van der Waals surface area contributed by atoms with Crippen molar-refractivity contribution in [2.75, 3.05) is 24.9 Å². The molecule has 5 nitrogen and oxygen atoms in total. The molecule has 1 heterocycles. The summed E-state index contributed by atoms with van der Waals surface area (Å²) in [5, 5.41) is 2.19. The maximum atomic E-state index is 13.1. The Labute approximate surface area is 180 Å². The normalized spacial score (nSPS) is 17.6. The van der Waals surface area contributed by atoms with Crippen molar-refractivity contribution in [1.29, 1.82) is 0 Å². The fourth-order valence-electron chi connectivity index (χ4n) is 3.51. The van der Waals surface area contributed by atoms with Crippen molar-refractivity contribution in [1.82, 2.24) is 4.90 Å². The number of rotatable bonds is 5. The molecule has 29 heavy (non-hydrogen) atoms. The van der Waals surface area contributed by atoms with Crippen LogP contribution in [0, 0.1) is 0 Å². The summed E-state index contributed by atoms with van der Waals surface area (Å²) in [6.45, 7) is 1.77. The number of benzene rings is 3. The van der Waals surface area contributed by atoms with Gasteiger partial charge in [-0.15, -0.1) is 0 Å². The van der Waals surface area contributed by atoms with Gasteiger partial charge in [0.2, 0.25) is 0 Å². The zero-order valence-electron chi connectivity index (χ0n) is 15.7. The lowest BCUT2D eigenvalue weighted by atomic mass is 10.1. The lowest BCUT2D eigenvalue weighted by Crippen LogP contribution is -2.21. The molecule has 3 aromatic rings. The van der Waals surface area contributed by atoms with Crippen LogP contribution in [0.1, 0.15) is 6.42 Å². The maximum absolute atomic E-state index is 13.1. The van der Waals surface area contributed by atoms with Crippen LogP contribution < -0.4 is 9.46 Å². The smallest absolute Gasteiger partial charge is 0.262 e. The molecule has 1 atom stereocenters. The van der Waals surface area contributed by atoms with Gasteiger partial charge in [0.05, 0.1) is 15.6 Å². The summed E-state index contributed by atoms with van der Waals surface area (Å²) in [7, 11) is -1.80. The molecule has 0 spiro atoms. The van der Waals surface area contributed by atoms with Gasteiger partial charge >= 0.3 is 0 Å². The van der Waals surface area contributed by atoms with Gasteiger partial charge in [0.15, 0.2) is 0 Å². The molecular formula is C21H20Cl2N2O3S. The van der Waals surface area contributed by atoms with Gasteiger partial charge in [-0.25, -0.2) is 8.42 Å². The SMILES string of the molecule is CN1CCC(Oc2cc(NS(=O)(=O)c3cccc4c(Cl)cccc34)ccc2Cl)C1. The van der Waals surface area contributed by atoms with E-state index >= 15 is 0 Å². The highest BCUT2D eigenvalue weighted by Crippen LogP contribution is 2.33. The van der Waals surface area contributed by atoms with Gasteiger partial charge in [0.25, 0.3) is 10.0 Å². The van der Waals surface area contributed by atoms with Crippen LogP contribution in [0.15, 0.2) is 59.5 Å². The molecule has 0 amide bonds. The molecule has 8 heteroatoms. The molecule has 0 bridgehead atoms. The number of likely N-dealkylation sites (N-methyl/N-ethyl adjacent to an activating group) is 1. The summed E-state index contributed by atoms with van der Waals surface area (Å²) in [5.74, 6) is 0.466. The molecule has 1 N–H and O–H groups in total. The fraction of sp³-hybridized carbons (Fsp3) is 0.238. The number of hydrogen-bond acceptors (Lipinski definition) is 4. The molecule has 1 aliphatic heterocycles. The first-order chi connectivity index (χ1) is 13.8. The first-order valence-electron chi connectivity index (χ1n) is 9.18. The molecule has 4 rings (SSSR count). The zero-order chi connectivity index (χ0) is 20.6. The standard InChI is InChI=1S/C21H20Cl2N2O3S/c1-25-11-10-15(13-25)28-20-12-14(8-9-19(20)23)24-29(26,27)21-7-3-4-16-17(21)5-2-6-18(16)22/h2-9,12,15,24H,10-11,13H2,1H3. The molecular weight excluding hydrogens is 431 g/mol. The summed E-state index contributed by atoms with van der Waals surface area (Å²) in [5.41, 5.74) is 0.384. The number of halogens is 2. The Balaban J connectivity index is 1.64. The fourth-order valence-corrected chi connectivity index (χ4v) is 5.19. The molecule has 1 aliphatic rings. The Kier molecular flexibility index (Phi) is 5.62. The first kappa shape index (κ1) is 20.3. The van der Waals surface area contributed by atoms with Crippen LogP contribution in [0.25, 0.3) is 10.8 Å². The molecule has 0 saturated carbocycles. The summed E-state index contributed by atoms with van der Waals surface area (Å²) in [6, 6.07) is 15.1. The second kappa shape index (κ2) is 8.03. The van der Waals surface area contributed by atoms with E-state index in [0.717, 1.165) is 19.5 Å². The van der Waals surface area contributed by atoms with Gasteiger partial charge in [-0.3, -0.25) is 4.72 Å². The third-order valence-electron chi connectivity index (χ3n) is 4.94. The Morgan fingerprint density at radius 3 is 2.55 bits per heavy atom. The van der Waals surface area contributed by atoms with Crippen molar-refractivity contribution in [2.24, 2.45) is 0 Å². The molecule has 3 aromatic carbocycles. The van der Waals surface area contributed by atoms with Crippen LogP contribution in [0.2, 0.25) is 10.0 Å². The predicted octanol–water partition coefficient (Wildman–Crippen LogP) is 5.03. The van der Waals surface area contributed by atoms with Gasteiger partial charge < -0.3 is 9.64 Å². The van der Waals surface area contributed by atoms with Gasteiger partial charge in [0, 0.05) is 35.0 Å². The lowest BCUT2D eigenvalue weighted by Gasteiger charge is -2.17. The van der Waals surface area contributed by atoms with Crippen LogP contribution in [-0.2, 0) is 10.0 Å². The van der Waals surface area contributed by atoms with Crippen molar-refractivity contribution in [3.05, 3.63) is 64.6 Å². The molecule has 152 valence electrons. The minimum absolute atomic E-state index is 0.0320. The van der Waals surface area contributed by atoms with E-state index in [0.29, 0.717) is 32.3 Å². The first-order valence-corrected chi connectivity index (χ1v) is 11.4. The summed E-state index contributed by atoms with van der Waals surface area (Å²) < 4.78 is 34.8. The monoisotopic (exact) mass is 450 g/mol. The number of nitrogens with one attached hydrogen (secondary N) is 1. The largest absolute Gasteiger partial charge is 0.487 e. The minimum Gasteiger partial charge on any atom is -0.487 e. The second-order valence-corrected chi connectivity index (χ2v) is 9.60. The Bertz CT molecular complexity index is 1170. The number of hydrogen-bond donors (Lipinski definition) is 1. The van der Waals surface area contributed by atoms with Gasteiger partial charge in [-0.1, -0.05) is 47.5 Å². The molecule has 1 fully saturated rings. The van der Waals surface area contributed by atoms with Crippen molar-refractivity contribution >= 4 is 49.7 Å². The minimum atomic E-state index is -3.84. The molecule has 0 aromatic heterocycles. The molecule has 1 unspecified atom stereocenters. The van der Waals surface area contributed by atoms with E-state index in [1.807, 2.05) is 7.05 Å². The lowest BCUT2D eigenvalue weighted by molar-refractivity contribution is 0.208. The van der Waals surface area contributed by atoms with Crippen LogP contribution in [-0.4, -0.2) is 39.6 Å². The maximum Gasteiger partial charge on any atom is 0.262 e. The average molecular weight is 451 g/mol. The summed E-state index contributed by atoms with van der Waals surface area (Å²) in [6.07, 6.45) is 0.934. The molecule has 1 saturated heterocycles. The van der Waals surface area contributed by atoms with E-state index in [4.69, 9.17) is 27.9 Å². The predicted molar refractivity (Wildman–Crippen MR) is 118 cm³/mol. The van der Waals surface area contributed by atoms with E-state index in [1.54, 1.807) is 54.6 Å². The number of nitrogens with zero attached hydrogens (tertiary/aromatic N) is 1. The Morgan fingerprint density at radius 1 is 1.03 bits per heavy atom. The van der Waals surface area contributed by atoms with Crippen molar-refractivity contribution in [3.8, 4) is 5.75 Å². The van der Waals surface area contributed by atoms with Crippen LogP contribution in [0.4, 0.5) is 5.69 Å². The summed E-state index contributed by atoms with van der Waals surface area (Å²) in [4.78, 5) is 2.34. The number of sulfonamides is 1. The van der Waals surface area contributed by atoms with E-state index in [2.05, 4.69) is 9.62 Å². The van der Waals surface area contributed by atoms with Gasteiger partial charge in [-0.05, 0) is 37.7 Å². The van der Waals surface area contributed by atoms with Crippen LogP contribution >= 0.6 is 23.2 Å². The molecule has 0 aliphatic carbocycles. The van der Waals surface area contributed by atoms with Gasteiger partial charge in [-0.2, -0.15) is 0 Å². The van der Waals surface area contributed by atoms with Crippen molar-refractivity contribution in [2.45, 2.75) is 17.4 Å². The van der Waals surface area contributed by atoms with Crippen LogP contribution in [0.3, 0.4) is 0 Å². The third kappa shape index (κ3) is 4.31. The van der Waals surface area contributed by atoms with Crippen molar-refractivity contribution < 1.29 is 13.2 Å². The Hall–Kier alpha value is -1.99. The van der Waals surface area contributed by atoms with E-state index < -0.39 is 10.0 Å². The van der Waals surface area contributed by atoms with Gasteiger partial charge in [0.1, 0.15) is 11.9 Å².